The first kappa shape index (κ1) is 8.88. The van der Waals surface area contributed by atoms with Gasteiger partial charge < -0.3 is 5.11 Å². The van der Waals surface area contributed by atoms with E-state index in [1.807, 2.05) is 13.8 Å². The minimum Gasteiger partial charge on any atom is -0.393 e. The van der Waals surface area contributed by atoms with E-state index in [9.17, 15) is 0 Å². The third kappa shape index (κ3) is 4.39. The van der Waals surface area contributed by atoms with Gasteiger partial charge >= 0.3 is 0 Å². The lowest BCUT2D eigenvalue weighted by molar-refractivity contribution is -0.246. The summed E-state index contributed by atoms with van der Waals surface area (Å²) >= 11 is 0. The fourth-order valence-corrected chi connectivity index (χ4v) is 0.507. The maximum atomic E-state index is 9.07. The smallest absolute Gasteiger partial charge is 0.0844 e. The lowest BCUT2D eigenvalue weighted by Crippen LogP contribution is -2.16. The van der Waals surface area contributed by atoms with Crippen LogP contribution in [-0.2, 0) is 4.89 Å². The summed E-state index contributed by atoms with van der Waals surface area (Å²) in [5.41, 5.74) is 0. The van der Waals surface area contributed by atoms with Crippen molar-refractivity contribution in [2.45, 2.75) is 26.4 Å². The van der Waals surface area contributed by atoms with Crippen LogP contribution in [0.1, 0.15) is 20.3 Å². The molecule has 0 spiro atoms. The molecule has 0 rings (SSSR count). The van der Waals surface area contributed by atoms with Gasteiger partial charge in [-0.15, -0.1) is 0 Å². The molecule has 0 aliphatic rings. The molecule has 0 aromatic heterocycles. The van der Waals surface area contributed by atoms with Crippen molar-refractivity contribution in [1.29, 1.82) is 0 Å². The summed E-state index contributed by atoms with van der Waals surface area (Å²) in [5.74, 6) is 0.236. The summed E-state index contributed by atoms with van der Waals surface area (Å²) in [7, 11) is 0. The Kier molecular flexibility index (Phi) is 4.67. The lowest BCUT2D eigenvalue weighted by atomic mass is 10.1. The van der Waals surface area contributed by atoms with Gasteiger partial charge in [-0.3, -0.25) is 5.26 Å². The molecular formula is C6H14O3. The maximum absolute atomic E-state index is 9.07. The molecule has 0 aromatic rings. The van der Waals surface area contributed by atoms with E-state index in [1.165, 1.54) is 0 Å². The van der Waals surface area contributed by atoms with Crippen molar-refractivity contribution in [1.82, 2.24) is 0 Å². The summed E-state index contributed by atoms with van der Waals surface area (Å²) in [6, 6.07) is 0. The summed E-state index contributed by atoms with van der Waals surface area (Å²) in [6.07, 6.45) is 0.130. The topological polar surface area (TPSA) is 49.7 Å². The van der Waals surface area contributed by atoms with Gasteiger partial charge in [0.2, 0.25) is 0 Å². The van der Waals surface area contributed by atoms with Crippen LogP contribution < -0.4 is 0 Å². The predicted octanol–water partition coefficient (Wildman–Crippen LogP) is 0.883. The average molecular weight is 134 g/mol. The highest BCUT2D eigenvalue weighted by molar-refractivity contribution is 4.57. The summed E-state index contributed by atoms with van der Waals surface area (Å²) in [5, 5.41) is 17.0. The third-order valence-electron chi connectivity index (χ3n) is 1.27. The zero-order valence-corrected chi connectivity index (χ0v) is 5.87. The molecule has 2 N–H and O–H groups in total. The van der Waals surface area contributed by atoms with E-state index < -0.39 is 0 Å². The van der Waals surface area contributed by atoms with E-state index in [2.05, 4.69) is 4.89 Å². The molecule has 3 nitrogen and oxygen atoms in total. The van der Waals surface area contributed by atoms with Crippen LogP contribution in [0.4, 0.5) is 0 Å². The highest BCUT2D eigenvalue weighted by Gasteiger charge is 2.07. The molecular weight excluding hydrogens is 120 g/mol. The molecule has 3 heteroatoms. The standard InChI is InChI=1S/C6H14O3/c1-5(2)6(7)3-4-9-8/h5-8H,3-4H2,1-2H3. The first-order valence-corrected chi connectivity index (χ1v) is 3.13. The average Bonchev–Trinajstić information content (AvgIpc) is 1.82. The molecule has 0 fully saturated rings. The van der Waals surface area contributed by atoms with Crippen LogP contribution in [0.15, 0.2) is 0 Å². The molecule has 1 atom stereocenters. The minimum atomic E-state index is -0.364. The monoisotopic (exact) mass is 134 g/mol. The van der Waals surface area contributed by atoms with Crippen molar-refractivity contribution in [3.05, 3.63) is 0 Å². The molecule has 0 aliphatic carbocycles. The number of rotatable bonds is 4. The Balaban J connectivity index is 3.16. The van der Waals surface area contributed by atoms with Crippen LogP contribution in [0.25, 0.3) is 0 Å². The molecule has 0 bridgehead atoms. The largest absolute Gasteiger partial charge is 0.393 e. The third-order valence-corrected chi connectivity index (χ3v) is 1.27. The van der Waals surface area contributed by atoms with Crippen molar-refractivity contribution in [3.63, 3.8) is 0 Å². The van der Waals surface area contributed by atoms with Gasteiger partial charge in [-0.2, -0.15) is 0 Å². The van der Waals surface area contributed by atoms with Crippen molar-refractivity contribution in [2.24, 2.45) is 5.92 Å². The van der Waals surface area contributed by atoms with Crippen LogP contribution in [0, 0.1) is 5.92 Å². The SMILES string of the molecule is CC(C)C(O)CCOO. The van der Waals surface area contributed by atoms with E-state index in [4.69, 9.17) is 10.4 Å². The fraction of sp³-hybridized carbons (Fsp3) is 1.00. The quantitative estimate of drug-likeness (QED) is 0.443. The van der Waals surface area contributed by atoms with Crippen LogP contribution in [0.5, 0.6) is 0 Å². The molecule has 0 heterocycles. The molecule has 0 amide bonds. The van der Waals surface area contributed by atoms with Gasteiger partial charge in [0.05, 0.1) is 12.7 Å². The summed E-state index contributed by atoms with van der Waals surface area (Å²) < 4.78 is 0. The molecule has 9 heavy (non-hydrogen) atoms. The summed E-state index contributed by atoms with van der Waals surface area (Å²) in [6.45, 7) is 4.05. The Labute approximate surface area is 55.2 Å². The zero-order valence-electron chi connectivity index (χ0n) is 5.87. The minimum absolute atomic E-state index is 0.208. The lowest BCUT2D eigenvalue weighted by Gasteiger charge is -2.11. The predicted molar refractivity (Wildman–Crippen MR) is 34.0 cm³/mol. The van der Waals surface area contributed by atoms with Gasteiger partial charge in [0.15, 0.2) is 0 Å². The number of aliphatic hydroxyl groups is 1. The fourth-order valence-electron chi connectivity index (χ4n) is 0.507. The van der Waals surface area contributed by atoms with Crippen LogP contribution >= 0.6 is 0 Å². The zero-order chi connectivity index (χ0) is 7.28. The van der Waals surface area contributed by atoms with Crippen molar-refractivity contribution in [2.75, 3.05) is 6.61 Å². The van der Waals surface area contributed by atoms with Gasteiger partial charge in [0, 0.05) is 6.42 Å². The first-order valence-electron chi connectivity index (χ1n) is 3.13. The second-order valence-corrected chi connectivity index (χ2v) is 2.43. The number of hydrogen-bond acceptors (Lipinski definition) is 3. The Morgan fingerprint density at radius 2 is 2.00 bits per heavy atom. The van der Waals surface area contributed by atoms with Gasteiger partial charge in [-0.1, -0.05) is 13.8 Å². The molecule has 0 saturated heterocycles. The summed E-state index contributed by atoms with van der Waals surface area (Å²) in [4.78, 5) is 3.80. The van der Waals surface area contributed by atoms with Gasteiger partial charge in [-0.25, -0.2) is 4.89 Å². The highest BCUT2D eigenvalue weighted by atomic mass is 17.1. The molecule has 0 radical (unpaired) electrons. The normalized spacial score (nSPS) is 14.3. The second-order valence-electron chi connectivity index (χ2n) is 2.43. The van der Waals surface area contributed by atoms with Gasteiger partial charge in [0.1, 0.15) is 0 Å². The number of hydrogen-bond donors (Lipinski definition) is 2. The van der Waals surface area contributed by atoms with Crippen LogP contribution in [-0.4, -0.2) is 23.1 Å². The molecule has 0 aromatic carbocycles. The van der Waals surface area contributed by atoms with Gasteiger partial charge in [-0.05, 0) is 5.92 Å². The van der Waals surface area contributed by atoms with E-state index in [0.717, 1.165) is 0 Å². The van der Waals surface area contributed by atoms with Crippen molar-refractivity contribution in [3.8, 4) is 0 Å². The molecule has 0 aliphatic heterocycles. The van der Waals surface area contributed by atoms with Gasteiger partial charge in [0.25, 0.3) is 0 Å². The Morgan fingerprint density at radius 1 is 1.44 bits per heavy atom. The maximum Gasteiger partial charge on any atom is 0.0844 e. The van der Waals surface area contributed by atoms with Crippen LogP contribution in [0.2, 0.25) is 0 Å². The first-order chi connectivity index (χ1) is 4.18. The number of aliphatic hydroxyl groups excluding tert-OH is 1. The van der Waals surface area contributed by atoms with E-state index in [-0.39, 0.29) is 18.6 Å². The van der Waals surface area contributed by atoms with E-state index in [0.29, 0.717) is 6.42 Å². The Morgan fingerprint density at radius 3 is 2.33 bits per heavy atom. The van der Waals surface area contributed by atoms with Crippen molar-refractivity contribution < 1.29 is 15.3 Å². The Hall–Kier alpha value is -0.120. The Bertz CT molecular complexity index is 63.3. The van der Waals surface area contributed by atoms with E-state index >= 15 is 0 Å². The van der Waals surface area contributed by atoms with Crippen molar-refractivity contribution >= 4 is 0 Å². The molecule has 56 valence electrons. The van der Waals surface area contributed by atoms with Crippen LogP contribution in [0.3, 0.4) is 0 Å². The van der Waals surface area contributed by atoms with E-state index in [1.54, 1.807) is 0 Å². The molecule has 1 unspecified atom stereocenters. The molecule has 0 saturated carbocycles. The second kappa shape index (κ2) is 4.73. The highest BCUT2D eigenvalue weighted by Crippen LogP contribution is 2.04.